The lowest BCUT2D eigenvalue weighted by molar-refractivity contribution is -0.136. The van der Waals surface area contributed by atoms with Crippen molar-refractivity contribution < 1.29 is 24.2 Å². The van der Waals surface area contributed by atoms with Crippen LogP contribution >= 0.6 is 0 Å². The van der Waals surface area contributed by atoms with E-state index in [1.807, 2.05) is 0 Å². The van der Waals surface area contributed by atoms with Crippen LogP contribution in [0.3, 0.4) is 0 Å². The van der Waals surface area contributed by atoms with Gasteiger partial charge in [0.05, 0.1) is 20.4 Å². The molecule has 0 aliphatic carbocycles. The maximum Gasteiger partial charge on any atom is 0.329 e. The molecule has 25 heavy (non-hydrogen) atoms. The van der Waals surface area contributed by atoms with Gasteiger partial charge in [0.15, 0.2) is 11.5 Å². The van der Waals surface area contributed by atoms with Gasteiger partial charge in [0.2, 0.25) is 0 Å². The van der Waals surface area contributed by atoms with Crippen molar-refractivity contribution in [2.24, 2.45) is 5.10 Å². The van der Waals surface area contributed by atoms with Crippen LogP contribution in [0.1, 0.15) is 5.56 Å². The third-order valence-electron chi connectivity index (χ3n) is 3.14. The van der Waals surface area contributed by atoms with E-state index < -0.39 is 11.8 Å². The quantitative estimate of drug-likeness (QED) is 0.433. The van der Waals surface area contributed by atoms with Crippen LogP contribution < -0.4 is 20.2 Å². The number of amides is 2. The van der Waals surface area contributed by atoms with Crippen molar-refractivity contribution >= 4 is 23.7 Å². The molecular formula is C17H17N3O5. The number of phenols is 1. The Bertz CT molecular complexity index is 787. The summed E-state index contributed by atoms with van der Waals surface area (Å²) in [5.74, 6) is -0.880. The van der Waals surface area contributed by atoms with Crippen LogP contribution in [0.15, 0.2) is 47.6 Å². The summed E-state index contributed by atoms with van der Waals surface area (Å²) in [6.07, 6.45) is 1.32. The normalized spacial score (nSPS) is 10.3. The van der Waals surface area contributed by atoms with E-state index in [0.29, 0.717) is 17.0 Å². The third-order valence-corrected chi connectivity index (χ3v) is 3.14. The summed E-state index contributed by atoms with van der Waals surface area (Å²) >= 11 is 0. The molecule has 0 radical (unpaired) electrons. The van der Waals surface area contributed by atoms with Crippen LogP contribution in [-0.2, 0) is 9.59 Å². The number of hydrazone groups is 1. The number of anilines is 1. The zero-order valence-electron chi connectivity index (χ0n) is 13.6. The minimum atomic E-state index is -0.919. The van der Waals surface area contributed by atoms with E-state index in [4.69, 9.17) is 9.47 Å². The standard InChI is InChI=1S/C17H17N3O5/c1-24-13-6-4-12(5-7-13)19-16(22)17(23)20-18-10-11-3-8-14(21)15(9-11)25-2/h3-10,21H,1-2H3,(H,19,22)(H,20,23)/b18-10+. The lowest BCUT2D eigenvalue weighted by atomic mass is 10.2. The van der Waals surface area contributed by atoms with Gasteiger partial charge in [-0.25, -0.2) is 5.43 Å². The summed E-state index contributed by atoms with van der Waals surface area (Å²) in [6, 6.07) is 11.1. The molecule has 3 N–H and O–H groups in total. The zero-order chi connectivity index (χ0) is 18.2. The average molecular weight is 343 g/mol. The predicted molar refractivity (Wildman–Crippen MR) is 92.0 cm³/mol. The van der Waals surface area contributed by atoms with E-state index in [0.717, 1.165) is 0 Å². The Morgan fingerprint density at radius 3 is 2.40 bits per heavy atom. The second-order valence-corrected chi connectivity index (χ2v) is 4.81. The Labute approximate surface area is 144 Å². The molecule has 8 heteroatoms. The number of benzene rings is 2. The maximum absolute atomic E-state index is 11.8. The first-order valence-electron chi connectivity index (χ1n) is 7.19. The number of hydrogen-bond donors (Lipinski definition) is 3. The summed E-state index contributed by atoms with van der Waals surface area (Å²) in [7, 11) is 2.95. The molecular weight excluding hydrogens is 326 g/mol. The molecule has 130 valence electrons. The molecule has 2 aromatic carbocycles. The molecule has 2 rings (SSSR count). The molecule has 0 saturated carbocycles. The lowest BCUT2D eigenvalue weighted by Crippen LogP contribution is -2.32. The summed E-state index contributed by atoms with van der Waals surface area (Å²) < 4.78 is 9.97. The molecule has 2 aromatic rings. The van der Waals surface area contributed by atoms with Crippen molar-refractivity contribution in [2.75, 3.05) is 19.5 Å². The second-order valence-electron chi connectivity index (χ2n) is 4.81. The van der Waals surface area contributed by atoms with Crippen molar-refractivity contribution in [1.29, 1.82) is 0 Å². The summed E-state index contributed by atoms with van der Waals surface area (Å²) in [4.78, 5) is 23.5. The number of ether oxygens (including phenoxy) is 2. The van der Waals surface area contributed by atoms with Gasteiger partial charge in [0.25, 0.3) is 0 Å². The van der Waals surface area contributed by atoms with Gasteiger partial charge in [-0.2, -0.15) is 5.10 Å². The van der Waals surface area contributed by atoms with E-state index in [1.165, 1.54) is 32.6 Å². The van der Waals surface area contributed by atoms with Gasteiger partial charge in [-0.1, -0.05) is 0 Å². The molecule has 0 saturated heterocycles. The highest BCUT2D eigenvalue weighted by molar-refractivity contribution is 6.39. The van der Waals surface area contributed by atoms with Crippen molar-refractivity contribution in [3.63, 3.8) is 0 Å². The van der Waals surface area contributed by atoms with Crippen LogP contribution in [0, 0.1) is 0 Å². The first kappa shape index (κ1) is 17.8. The minimum Gasteiger partial charge on any atom is -0.504 e. The highest BCUT2D eigenvalue weighted by Gasteiger charge is 2.12. The Morgan fingerprint density at radius 2 is 1.76 bits per heavy atom. The minimum absolute atomic E-state index is 0.0115. The summed E-state index contributed by atoms with van der Waals surface area (Å²) in [5, 5.41) is 15.6. The van der Waals surface area contributed by atoms with Gasteiger partial charge in [-0.3, -0.25) is 9.59 Å². The SMILES string of the molecule is COc1ccc(NC(=O)C(=O)N/N=C/c2ccc(O)c(OC)c2)cc1. The molecule has 8 nitrogen and oxygen atoms in total. The molecule has 0 spiro atoms. The Kier molecular flexibility index (Phi) is 5.94. The number of hydrogen-bond acceptors (Lipinski definition) is 6. The monoisotopic (exact) mass is 343 g/mol. The van der Waals surface area contributed by atoms with Gasteiger partial charge in [0, 0.05) is 5.69 Å². The van der Waals surface area contributed by atoms with Crippen LogP contribution in [0.5, 0.6) is 17.2 Å². The van der Waals surface area contributed by atoms with Gasteiger partial charge < -0.3 is 19.9 Å². The Morgan fingerprint density at radius 1 is 1.04 bits per heavy atom. The number of carbonyl (C=O) groups is 2. The van der Waals surface area contributed by atoms with Crippen LogP contribution in [0.2, 0.25) is 0 Å². The lowest BCUT2D eigenvalue weighted by Gasteiger charge is -2.05. The molecule has 0 aromatic heterocycles. The molecule has 2 amide bonds. The fourth-order valence-corrected chi connectivity index (χ4v) is 1.85. The zero-order valence-corrected chi connectivity index (χ0v) is 13.6. The first-order chi connectivity index (χ1) is 12.0. The molecule has 0 atom stereocenters. The highest BCUT2D eigenvalue weighted by atomic mass is 16.5. The van der Waals surface area contributed by atoms with Gasteiger partial charge in [0.1, 0.15) is 5.75 Å². The van der Waals surface area contributed by atoms with Crippen molar-refractivity contribution in [2.45, 2.75) is 0 Å². The Hall–Kier alpha value is -3.55. The fraction of sp³-hybridized carbons (Fsp3) is 0.118. The highest BCUT2D eigenvalue weighted by Crippen LogP contribution is 2.25. The third kappa shape index (κ3) is 4.96. The second kappa shape index (κ2) is 8.34. The van der Waals surface area contributed by atoms with Crippen LogP contribution in [0.4, 0.5) is 5.69 Å². The van der Waals surface area contributed by atoms with E-state index in [2.05, 4.69) is 15.8 Å². The Balaban J connectivity index is 1.91. The number of rotatable bonds is 5. The summed E-state index contributed by atoms with van der Waals surface area (Å²) in [5.41, 5.74) is 3.14. The largest absolute Gasteiger partial charge is 0.504 e. The molecule has 0 aliphatic rings. The van der Waals surface area contributed by atoms with E-state index in [-0.39, 0.29) is 11.5 Å². The number of carbonyl (C=O) groups excluding carboxylic acids is 2. The van der Waals surface area contributed by atoms with Gasteiger partial charge in [-0.15, -0.1) is 0 Å². The van der Waals surface area contributed by atoms with E-state index in [1.54, 1.807) is 30.3 Å². The molecule has 0 aliphatic heterocycles. The number of phenolic OH excluding ortho intramolecular Hbond substituents is 1. The molecule has 0 unspecified atom stereocenters. The van der Waals surface area contributed by atoms with Gasteiger partial charge in [-0.05, 0) is 48.0 Å². The number of nitrogens with zero attached hydrogens (tertiary/aromatic N) is 1. The van der Waals surface area contributed by atoms with Crippen molar-refractivity contribution in [3.8, 4) is 17.2 Å². The molecule has 0 fully saturated rings. The van der Waals surface area contributed by atoms with Crippen molar-refractivity contribution in [3.05, 3.63) is 48.0 Å². The smallest absolute Gasteiger partial charge is 0.329 e. The maximum atomic E-state index is 11.8. The van der Waals surface area contributed by atoms with E-state index >= 15 is 0 Å². The summed E-state index contributed by atoms with van der Waals surface area (Å²) in [6.45, 7) is 0. The fourth-order valence-electron chi connectivity index (χ4n) is 1.85. The molecule has 0 bridgehead atoms. The number of methoxy groups -OCH3 is 2. The van der Waals surface area contributed by atoms with Crippen molar-refractivity contribution in [1.82, 2.24) is 5.43 Å². The number of nitrogens with one attached hydrogen (secondary N) is 2. The average Bonchev–Trinajstić information content (AvgIpc) is 2.63. The first-order valence-corrected chi connectivity index (χ1v) is 7.19. The molecule has 0 heterocycles. The predicted octanol–water partition coefficient (Wildman–Crippen LogP) is 1.50. The van der Waals surface area contributed by atoms with Gasteiger partial charge >= 0.3 is 11.8 Å². The van der Waals surface area contributed by atoms with E-state index in [9.17, 15) is 14.7 Å². The van der Waals surface area contributed by atoms with Crippen LogP contribution in [0.25, 0.3) is 0 Å². The number of aromatic hydroxyl groups is 1. The van der Waals surface area contributed by atoms with Crippen LogP contribution in [-0.4, -0.2) is 37.4 Å². The topological polar surface area (TPSA) is 109 Å².